The molecule has 0 heterocycles. The topological polar surface area (TPSA) is 86.7 Å². The highest BCUT2D eigenvalue weighted by molar-refractivity contribution is 5.97. The summed E-state index contributed by atoms with van der Waals surface area (Å²) in [6, 6.07) is 6.86. The lowest BCUT2D eigenvalue weighted by molar-refractivity contribution is -0.139. The van der Waals surface area contributed by atoms with Gasteiger partial charge in [-0.2, -0.15) is 0 Å². The van der Waals surface area contributed by atoms with Crippen LogP contribution in [0.15, 0.2) is 24.3 Å². The molecule has 1 amide bonds. The van der Waals surface area contributed by atoms with E-state index in [9.17, 15) is 14.4 Å². The molecule has 2 rings (SSSR count). The summed E-state index contributed by atoms with van der Waals surface area (Å²) in [5.74, 6) is -1.02. The molecule has 1 saturated carbocycles. The van der Waals surface area contributed by atoms with Gasteiger partial charge >= 0.3 is 5.97 Å². The van der Waals surface area contributed by atoms with Crippen LogP contribution in [-0.4, -0.2) is 52.8 Å². The van der Waals surface area contributed by atoms with Gasteiger partial charge in [0.2, 0.25) is 0 Å². The van der Waals surface area contributed by atoms with Crippen molar-refractivity contribution in [2.45, 2.75) is 38.8 Å². The number of carbonyl (C=O) groups excluding carboxylic acids is 2. The van der Waals surface area contributed by atoms with Crippen molar-refractivity contribution in [2.75, 3.05) is 13.1 Å². The number of Topliss-reactive ketones (excluding diaryl/α,β-unsaturated/α-hetero) is 1. The molecule has 1 aliphatic rings. The van der Waals surface area contributed by atoms with E-state index < -0.39 is 5.97 Å². The Labute approximate surface area is 135 Å². The summed E-state index contributed by atoms with van der Waals surface area (Å²) in [5.41, 5.74) is 1.11. The minimum absolute atomic E-state index is 0.0307. The molecule has 1 aromatic rings. The fourth-order valence-electron chi connectivity index (χ4n) is 2.80. The molecule has 0 unspecified atom stereocenters. The number of nitrogens with zero attached hydrogens (tertiary/aromatic N) is 1. The summed E-state index contributed by atoms with van der Waals surface area (Å²) in [6.07, 6.45) is 1.52. The maximum absolute atomic E-state index is 12.1. The van der Waals surface area contributed by atoms with Crippen molar-refractivity contribution in [1.82, 2.24) is 10.2 Å². The molecule has 0 radical (unpaired) electrons. The van der Waals surface area contributed by atoms with E-state index in [1.54, 1.807) is 24.3 Å². The van der Waals surface area contributed by atoms with Crippen molar-refractivity contribution in [1.29, 1.82) is 0 Å². The smallest absolute Gasteiger partial charge is 0.317 e. The number of likely N-dealkylation sites (N-methyl/N-ethyl adjacent to an activating group) is 1. The number of rotatable bonds is 7. The van der Waals surface area contributed by atoms with Crippen LogP contribution in [0.25, 0.3) is 0 Å². The van der Waals surface area contributed by atoms with E-state index >= 15 is 0 Å². The van der Waals surface area contributed by atoms with Crippen LogP contribution in [0.3, 0.4) is 0 Å². The second-order valence-corrected chi connectivity index (χ2v) is 5.89. The van der Waals surface area contributed by atoms with Crippen LogP contribution >= 0.6 is 0 Å². The van der Waals surface area contributed by atoms with E-state index in [0.717, 1.165) is 12.8 Å². The van der Waals surface area contributed by atoms with Crippen molar-refractivity contribution in [3.63, 3.8) is 0 Å². The van der Waals surface area contributed by atoms with Gasteiger partial charge in [-0.3, -0.25) is 19.3 Å². The van der Waals surface area contributed by atoms with E-state index in [-0.39, 0.29) is 30.3 Å². The third-order valence-electron chi connectivity index (χ3n) is 4.26. The molecule has 0 atom stereocenters. The number of carboxylic acid groups (broad SMARTS) is 1. The minimum atomic E-state index is -0.829. The maximum atomic E-state index is 12.1. The lowest BCUT2D eigenvalue weighted by Crippen LogP contribution is -2.54. The molecule has 0 aliphatic heterocycles. The molecule has 6 heteroatoms. The first-order valence-electron chi connectivity index (χ1n) is 7.78. The summed E-state index contributed by atoms with van der Waals surface area (Å²) in [6.45, 7) is 4.14. The first kappa shape index (κ1) is 17.1. The first-order chi connectivity index (χ1) is 10.9. The van der Waals surface area contributed by atoms with Gasteiger partial charge in [-0.1, -0.05) is 19.1 Å². The van der Waals surface area contributed by atoms with E-state index in [0.29, 0.717) is 17.7 Å². The lowest BCUT2D eigenvalue weighted by Gasteiger charge is -2.42. The molecular weight excluding hydrogens is 296 g/mol. The highest BCUT2D eigenvalue weighted by Gasteiger charge is 2.34. The maximum Gasteiger partial charge on any atom is 0.317 e. The summed E-state index contributed by atoms with van der Waals surface area (Å²) in [7, 11) is 0. The minimum Gasteiger partial charge on any atom is -0.480 e. The number of aliphatic carboxylic acids is 1. The molecule has 1 aromatic carbocycles. The molecule has 0 saturated heterocycles. The van der Waals surface area contributed by atoms with Crippen LogP contribution in [0.5, 0.6) is 0 Å². The van der Waals surface area contributed by atoms with Crippen molar-refractivity contribution >= 4 is 17.7 Å². The van der Waals surface area contributed by atoms with E-state index in [2.05, 4.69) is 5.32 Å². The predicted molar refractivity (Wildman–Crippen MR) is 85.6 cm³/mol. The molecule has 23 heavy (non-hydrogen) atoms. The van der Waals surface area contributed by atoms with Crippen molar-refractivity contribution in [3.8, 4) is 0 Å². The Morgan fingerprint density at radius 3 is 2.22 bits per heavy atom. The number of carboxylic acids is 1. The fraction of sp³-hybridized carbons (Fsp3) is 0.471. The number of amides is 1. The van der Waals surface area contributed by atoms with Gasteiger partial charge in [-0.25, -0.2) is 0 Å². The van der Waals surface area contributed by atoms with Crippen molar-refractivity contribution < 1.29 is 19.5 Å². The van der Waals surface area contributed by atoms with E-state index in [1.807, 2.05) is 11.8 Å². The van der Waals surface area contributed by atoms with Gasteiger partial charge in [0.1, 0.15) is 0 Å². The lowest BCUT2D eigenvalue weighted by atomic mass is 9.85. The van der Waals surface area contributed by atoms with Gasteiger partial charge < -0.3 is 10.4 Å². The van der Waals surface area contributed by atoms with Crippen LogP contribution < -0.4 is 5.32 Å². The van der Waals surface area contributed by atoms with Crippen LogP contribution in [0, 0.1) is 0 Å². The first-order valence-corrected chi connectivity index (χ1v) is 7.78. The Hall–Kier alpha value is -2.21. The zero-order valence-electron chi connectivity index (χ0n) is 13.4. The largest absolute Gasteiger partial charge is 0.480 e. The summed E-state index contributed by atoms with van der Waals surface area (Å²) in [4.78, 5) is 36.1. The second kappa shape index (κ2) is 7.37. The fourth-order valence-corrected chi connectivity index (χ4v) is 2.80. The zero-order valence-corrected chi connectivity index (χ0v) is 13.4. The van der Waals surface area contributed by atoms with Crippen molar-refractivity contribution in [3.05, 3.63) is 35.4 Å². The quantitative estimate of drug-likeness (QED) is 0.745. The molecule has 1 aliphatic carbocycles. The molecule has 2 N–H and O–H groups in total. The number of carbonyl (C=O) groups is 3. The van der Waals surface area contributed by atoms with Crippen molar-refractivity contribution in [2.24, 2.45) is 0 Å². The SMILES string of the molecule is CCN(CC(=O)O)C1CC(NC(=O)c2ccc(C(C)=O)cc2)C1. The van der Waals surface area contributed by atoms with Gasteiger partial charge in [0, 0.05) is 23.2 Å². The third-order valence-corrected chi connectivity index (χ3v) is 4.26. The normalized spacial score (nSPS) is 20.0. The van der Waals surface area contributed by atoms with Gasteiger partial charge in [0.15, 0.2) is 5.78 Å². The Kier molecular flexibility index (Phi) is 5.50. The van der Waals surface area contributed by atoms with E-state index in [1.165, 1.54) is 6.92 Å². The molecule has 0 bridgehead atoms. The van der Waals surface area contributed by atoms with E-state index in [4.69, 9.17) is 5.11 Å². The average molecular weight is 318 g/mol. The molecule has 124 valence electrons. The monoisotopic (exact) mass is 318 g/mol. The Morgan fingerprint density at radius 1 is 1.17 bits per heavy atom. The van der Waals surface area contributed by atoms with Crippen LogP contribution in [0.2, 0.25) is 0 Å². The van der Waals surface area contributed by atoms with Gasteiger partial charge in [0.05, 0.1) is 6.54 Å². The molecule has 0 aromatic heterocycles. The summed E-state index contributed by atoms with van der Waals surface area (Å²) >= 11 is 0. The van der Waals surface area contributed by atoms with Gasteiger partial charge in [-0.15, -0.1) is 0 Å². The number of ketones is 1. The predicted octanol–water partition coefficient (Wildman–Crippen LogP) is 1.56. The molecule has 0 spiro atoms. The Bertz CT molecular complexity index is 591. The second-order valence-electron chi connectivity index (χ2n) is 5.89. The number of hydrogen-bond acceptors (Lipinski definition) is 4. The molecular formula is C17H22N2O4. The van der Waals surface area contributed by atoms with Crippen LogP contribution in [-0.2, 0) is 4.79 Å². The summed E-state index contributed by atoms with van der Waals surface area (Å²) < 4.78 is 0. The van der Waals surface area contributed by atoms with Crippen LogP contribution in [0.1, 0.15) is 47.4 Å². The number of hydrogen-bond donors (Lipinski definition) is 2. The highest BCUT2D eigenvalue weighted by atomic mass is 16.4. The highest BCUT2D eigenvalue weighted by Crippen LogP contribution is 2.25. The van der Waals surface area contributed by atoms with Crippen LogP contribution in [0.4, 0.5) is 0 Å². The third kappa shape index (κ3) is 4.39. The number of benzene rings is 1. The molecule has 6 nitrogen and oxygen atoms in total. The van der Waals surface area contributed by atoms with Gasteiger partial charge in [0.25, 0.3) is 5.91 Å². The molecule has 1 fully saturated rings. The average Bonchev–Trinajstić information content (AvgIpc) is 2.48. The zero-order chi connectivity index (χ0) is 17.0. The Balaban J connectivity index is 1.84. The van der Waals surface area contributed by atoms with Gasteiger partial charge in [-0.05, 0) is 38.4 Å². The standard InChI is InChI=1S/C17H22N2O4/c1-3-19(10-16(21)22)15-8-14(9-15)18-17(23)13-6-4-12(5-7-13)11(2)20/h4-7,14-15H,3,8-10H2,1-2H3,(H,18,23)(H,21,22). The summed E-state index contributed by atoms with van der Waals surface area (Å²) in [5, 5.41) is 11.8. The number of nitrogens with one attached hydrogen (secondary N) is 1. The Morgan fingerprint density at radius 2 is 1.74 bits per heavy atom.